The van der Waals surface area contributed by atoms with Crippen LogP contribution in [0.5, 0.6) is 0 Å². The smallest absolute Gasteiger partial charge is 0.306 e. The number of nitrogens with one attached hydrogen (secondary N) is 1. The first-order valence-electron chi connectivity index (χ1n) is 10.2. The molecule has 0 heterocycles. The highest BCUT2D eigenvalue weighted by Crippen LogP contribution is 2.19. The van der Waals surface area contributed by atoms with Gasteiger partial charge in [0.05, 0.1) is 5.02 Å². The summed E-state index contributed by atoms with van der Waals surface area (Å²) in [6.07, 6.45) is 4.71. The van der Waals surface area contributed by atoms with Crippen LogP contribution in [0.3, 0.4) is 0 Å². The third kappa shape index (κ3) is 16.1. The van der Waals surface area contributed by atoms with Gasteiger partial charge >= 0.3 is 5.97 Å². The number of carbonyl (C=O) groups excluding carboxylic acids is 2. The highest BCUT2D eigenvalue weighted by Gasteiger charge is 2.15. The van der Waals surface area contributed by atoms with E-state index in [-0.39, 0.29) is 22.3 Å². The zero-order chi connectivity index (χ0) is 24.2. The van der Waals surface area contributed by atoms with E-state index < -0.39 is 11.4 Å². The summed E-state index contributed by atoms with van der Waals surface area (Å²) < 4.78 is 18.9. The van der Waals surface area contributed by atoms with Crippen LogP contribution in [0.2, 0.25) is 5.02 Å². The minimum atomic E-state index is -0.460. The first kappa shape index (κ1) is 28.7. The molecule has 1 rings (SSSR count). The molecule has 0 fully saturated rings. The fourth-order valence-corrected chi connectivity index (χ4v) is 2.48. The van der Waals surface area contributed by atoms with E-state index >= 15 is 0 Å². The molecule has 3 N–H and O–H groups in total. The summed E-state index contributed by atoms with van der Waals surface area (Å²) in [7, 11) is 0. The Hall–Kier alpha value is -2.34. The topological polar surface area (TPSA) is 81.4 Å². The molecular weight excluding hydrogens is 419 g/mol. The molecule has 0 atom stereocenters. The Morgan fingerprint density at radius 1 is 1.23 bits per heavy atom. The first-order valence-corrected chi connectivity index (χ1v) is 10.5. The quantitative estimate of drug-likeness (QED) is 0.303. The van der Waals surface area contributed by atoms with E-state index in [2.05, 4.69) is 11.9 Å². The van der Waals surface area contributed by atoms with Crippen molar-refractivity contribution < 1.29 is 18.7 Å². The number of halogens is 2. The molecule has 7 heteroatoms. The molecule has 1 amide bonds. The van der Waals surface area contributed by atoms with E-state index in [9.17, 15) is 14.0 Å². The zero-order valence-electron chi connectivity index (χ0n) is 19.5. The Balaban J connectivity index is 0.000000954. The van der Waals surface area contributed by atoms with Crippen LogP contribution in [0.1, 0.15) is 66.4 Å². The molecule has 0 aliphatic rings. The van der Waals surface area contributed by atoms with Crippen LogP contribution >= 0.6 is 11.6 Å². The van der Waals surface area contributed by atoms with Crippen molar-refractivity contribution in [1.82, 2.24) is 5.32 Å². The van der Waals surface area contributed by atoms with Gasteiger partial charge in [-0.25, -0.2) is 4.39 Å². The highest BCUT2D eigenvalue weighted by atomic mass is 35.5. The maximum Gasteiger partial charge on any atom is 0.306 e. The summed E-state index contributed by atoms with van der Waals surface area (Å²) in [6, 6.07) is 4.81. The lowest BCUT2D eigenvalue weighted by molar-refractivity contribution is -0.154. The number of amides is 1. The number of esters is 1. The Kier molecular flexibility index (Phi) is 12.2. The molecule has 1 aromatic carbocycles. The largest absolute Gasteiger partial charge is 0.460 e. The lowest BCUT2D eigenvalue weighted by atomic mass is 9.92. The molecule has 0 unspecified atom stereocenters. The van der Waals surface area contributed by atoms with E-state index in [1.165, 1.54) is 6.07 Å². The Bertz CT molecular complexity index is 778. The normalized spacial score (nSPS) is 11.5. The monoisotopic (exact) mass is 454 g/mol. The third-order valence-corrected chi connectivity index (χ3v) is 3.77. The number of benzene rings is 1. The minimum Gasteiger partial charge on any atom is -0.460 e. The lowest BCUT2D eigenvalue weighted by Crippen LogP contribution is -2.24. The molecule has 1 aromatic rings. The predicted molar refractivity (Wildman–Crippen MR) is 126 cm³/mol. The average Bonchev–Trinajstić information content (AvgIpc) is 2.57. The van der Waals surface area contributed by atoms with Gasteiger partial charge in [0.1, 0.15) is 11.4 Å². The molecular formula is C24H36ClFN2O3. The zero-order valence-corrected chi connectivity index (χ0v) is 20.2. The SMILES string of the molecule is C=C(/C=C/c1cccc(Cl)c1F)NCCCC(=O)OC(C)(C)C.CC(C)(C)CC(N)=O. The minimum absolute atomic E-state index is 0.0475. The number of hydrogen-bond acceptors (Lipinski definition) is 4. The van der Waals surface area contributed by atoms with Crippen LogP contribution in [0, 0.1) is 11.2 Å². The summed E-state index contributed by atoms with van der Waals surface area (Å²) in [6.45, 7) is 15.9. The molecule has 0 radical (unpaired) electrons. The molecule has 174 valence electrons. The maximum absolute atomic E-state index is 13.7. The number of primary amides is 1. The second-order valence-corrected chi connectivity index (χ2v) is 9.73. The second-order valence-electron chi connectivity index (χ2n) is 9.32. The molecule has 0 aliphatic heterocycles. The fraction of sp³-hybridized carbons (Fsp3) is 0.500. The van der Waals surface area contributed by atoms with Crippen LogP contribution in [0.25, 0.3) is 6.08 Å². The summed E-state index contributed by atoms with van der Waals surface area (Å²) in [4.78, 5) is 21.8. The molecule has 0 aliphatic carbocycles. The van der Waals surface area contributed by atoms with E-state index in [0.29, 0.717) is 37.1 Å². The molecule has 0 spiro atoms. The summed E-state index contributed by atoms with van der Waals surface area (Å²) in [5.74, 6) is -0.901. The molecule has 0 saturated heterocycles. The van der Waals surface area contributed by atoms with Gasteiger partial charge in [-0.15, -0.1) is 0 Å². The summed E-state index contributed by atoms with van der Waals surface area (Å²) >= 11 is 5.72. The number of allylic oxidation sites excluding steroid dienone is 1. The summed E-state index contributed by atoms with van der Waals surface area (Å²) in [5.41, 5.74) is 5.56. The highest BCUT2D eigenvalue weighted by molar-refractivity contribution is 6.30. The van der Waals surface area contributed by atoms with Gasteiger partial charge in [0.25, 0.3) is 0 Å². The Labute approximate surface area is 190 Å². The Morgan fingerprint density at radius 2 is 1.84 bits per heavy atom. The van der Waals surface area contributed by atoms with Crippen molar-refractivity contribution >= 4 is 29.6 Å². The van der Waals surface area contributed by atoms with Crippen molar-refractivity contribution in [2.75, 3.05) is 6.54 Å². The Morgan fingerprint density at radius 3 is 2.32 bits per heavy atom. The van der Waals surface area contributed by atoms with Gasteiger partial charge in [-0.2, -0.15) is 0 Å². The van der Waals surface area contributed by atoms with Crippen LogP contribution in [0.15, 0.2) is 36.6 Å². The second kappa shape index (κ2) is 13.2. The fourth-order valence-electron chi connectivity index (χ4n) is 2.30. The van der Waals surface area contributed by atoms with Crippen LogP contribution in [0.4, 0.5) is 4.39 Å². The molecule has 31 heavy (non-hydrogen) atoms. The number of ether oxygens (including phenoxy) is 1. The molecule has 0 bridgehead atoms. The van der Waals surface area contributed by atoms with Crippen LogP contribution in [-0.4, -0.2) is 24.0 Å². The van der Waals surface area contributed by atoms with Gasteiger partial charge in [-0.1, -0.05) is 51.1 Å². The van der Waals surface area contributed by atoms with Gasteiger partial charge in [-0.05, 0) is 50.8 Å². The number of carbonyl (C=O) groups is 2. The predicted octanol–water partition coefficient (Wildman–Crippen LogP) is 5.63. The van der Waals surface area contributed by atoms with E-state index in [1.54, 1.807) is 24.3 Å². The van der Waals surface area contributed by atoms with Gasteiger partial charge < -0.3 is 15.8 Å². The van der Waals surface area contributed by atoms with E-state index in [4.69, 9.17) is 22.1 Å². The van der Waals surface area contributed by atoms with Crippen molar-refractivity contribution in [3.05, 3.63) is 53.0 Å². The van der Waals surface area contributed by atoms with Crippen molar-refractivity contribution in [3.8, 4) is 0 Å². The number of hydrogen-bond donors (Lipinski definition) is 2. The average molecular weight is 455 g/mol. The third-order valence-electron chi connectivity index (χ3n) is 3.48. The maximum atomic E-state index is 13.7. The van der Waals surface area contributed by atoms with Crippen molar-refractivity contribution in [3.63, 3.8) is 0 Å². The van der Waals surface area contributed by atoms with Gasteiger partial charge in [0, 0.05) is 30.6 Å². The van der Waals surface area contributed by atoms with Gasteiger partial charge in [0.2, 0.25) is 5.91 Å². The van der Waals surface area contributed by atoms with Crippen molar-refractivity contribution in [2.24, 2.45) is 11.1 Å². The number of nitrogens with two attached hydrogens (primary N) is 1. The standard InChI is InChI=1S/C18H23ClFNO2.C6H13NO/c1-13(10-11-14-7-5-8-15(19)17(14)20)21-12-6-9-16(22)23-18(2,3)4;1-6(2,3)4-5(7)8/h5,7-8,10-11,21H,1,6,9,12H2,2-4H3;4H2,1-3H3,(H2,7,8)/b11-10+;. The van der Waals surface area contributed by atoms with E-state index in [1.807, 2.05) is 41.5 Å². The lowest BCUT2D eigenvalue weighted by Gasteiger charge is -2.19. The van der Waals surface area contributed by atoms with E-state index in [0.717, 1.165) is 0 Å². The van der Waals surface area contributed by atoms with Gasteiger partial charge in [-0.3, -0.25) is 9.59 Å². The van der Waals surface area contributed by atoms with Gasteiger partial charge in [0.15, 0.2) is 0 Å². The summed E-state index contributed by atoms with van der Waals surface area (Å²) in [5, 5.41) is 3.15. The molecule has 0 saturated carbocycles. The molecule has 0 aromatic heterocycles. The first-order chi connectivity index (χ1) is 14.1. The van der Waals surface area contributed by atoms with Crippen LogP contribution in [-0.2, 0) is 14.3 Å². The van der Waals surface area contributed by atoms with Crippen LogP contribution < -0.4 is 11.1 Å². The van der Waals surface area contributed by atoms with Crippen molar-refractivity contribution in [1.29, 1.82) is 0 Å². The van der Waals surface area contributed by atoms with Crippen molar-refractivity contribution in [2.45, 2.75) is 66.4 Å². The molecule has 5 nitrogen and oxygen atoms in total. The number of rotatable bonds is 8.